The number of hydrogen-bond acceptors (Lipinski definition) is 1. The highest BCUT2D eigenvalue weighted by molar-refractivity contribution is 9.10. The molecule has 3 aromatic rings. The fourth-order valence-electron chi connectivity index (χ4n) is 2.95. The molecule has 2 N–H and O–H groups in total. The van der Waals surface area contributed by atoms with Gasteiger partial charge in [-0.1, -0.05) is 52.3 Å². The van der Waals surface area contributed by atoms with Gasteiger partial charge in [-0.2, -0.15) is 0 Å². The molecule has 0 fully saturated rings. The average molecular weight is 352 g/mol. The van der Waals surface area contributed by atoms with Crippen molar-refractivity contribution in [2.45, 2.75) is 6.54 Å². The molecule has 4 heteroatoms. The largest absolute Gasteiger partial charge is 0.369 e. The quantitative estimate of drug-likeness (QED) is 0.515. The molecule has 0 radical (unpaired) electrons. The Labute approximate surface area is 137 Å². The van der Waals surface area contributed by atoms with E-state index in [2.05, 4.69) is 62.2 Å². The van der Waals surface area contributed by atoms with E-state index in [0.29, 0.717) is 5.96 Å². The van der Waals surface area contributed by atoms with Crippen LogP contribution in [0.5, 0.6) is 0 Å². The first-order chi connectivity index (χ1) is 10.7. The Morgan fingerprint density at radius 2 is 1.82 bits per heavy atom. The van der Waals surface area contributed by atoms with Crippen LogP contribution in [-0.2, 0) is 6.54 Å². The van der Waals surface area contributed by atoms with Crippen LogP contribution in [0.3, 0.4) is 0 Å². The van der Waals surface area contributed by atoms with Gasteiger partial charge in [0.25, 0.3) is 0 Å². The zero-order valence-electron chi connectivity index (χ0n) is 11.8. The van der Waals surface area contributed by atoms with Crippen molar-refractivity contribution in [2.24, 2.45) is 10.7 Å². The minimum Gasteiger partial charge on any atom is -0.369 e. The summed E-state index contributed by atoms with van der Waals surface area (Å²) in [6.07, 6.45) is 0. The summed E-state index contributed by atoms with van der Waals surface area (Å²) in [5.74, 6) is 0.516. The maximum atomic E-state index is 6.28. The molecule has 108 valence electrons. The summed E-state index contributed by atoms with van der Waals surface area (Å²) in [6, 6.07) is 20.5. The molecule has 22 heavy (non-hydrogen) atoms. The highest BCUT2D eigenvalue weighted by Gasteiger charge is 2.23. The summed E-state index contributed by atoms with van der Waals surface area (Å²) in [6.45, 7) is 0.764. The van der Waals surface area contributed by atoms with Crippen LogP contribution in [0, 0.1) is 0 Å². The zero-order valence-corrected chi connectivity index (χ0v) is 13.4. The summed E-state index contributed by atoms with van der Waals surface area (Å²) >= 11 is 3.46. The lowest BCUT2D eigenvalue weighted by Crippen LogP contribution is -2.34. The second-order valence-corrected chi connectivity index (χ2v) is 6.24. The highest BCUT2D eigenvalue weighted by Crippen LogP contribution is 2.37. The first-order valence-corrected chi connectivity index (χ1v) is 7.89. The average Bonchev–Trinajstić information content (AvgIpc) is 2.89. The predicted octanol–water partition coefficient (Wildman–Crippen LogP) is 4.57. The Bertz CT molecular complexity index is 896. The van der Waals surface area contributed by atoms with Crippen molar-refractivity contribution in [1.82, 2.24) is 0 Å². The van der Waals surface area contributed by atoms with E-state index < -0.39 is 0 Å². The van der Waals surface area contributed by atoms with Crippen molar-refractivity contribution in [3.05, 3.63) is 70.7 Å². The van der Waals surface area contributed by atoms with Crippen molar-refractivity contribution in [3.63, 3.8) is 0 Å². The summed E-state index contributed by atoms with van der Waals surface area (Å²) in [4.78, 5) is 6.63. The second kappa shape index (κ2) is 5.14. The van der Waals surface area contributed by atoms with Gasteiger partial charge in [0.05, 0.1) is 17.9 Å². The van der Waals surface area contributed by atoms with E-state index in [9.17, 15) is 0 Å². The third kappa shape index (κ3) is 2.16. The fourth-order valence-corrected chi connectivity index (χ4v) is 3.34. The lowest BCUT2D eigenvalue weighted by Gasteiger charge is -2.18. The maximum Gasteiger partial charge on any atom is 0.201 e. The molecule has 1 aliphatic heterocycles. The van der Waals surface area contributed by atoms with Crippen molar-refractivity contribution in [2.75, 3.05) is 4.90 Å². The van der Waals surface area contributed by atoms with Gasteiger partial charge in [0.2, 0.25) is 5.96 Å². The van der Waals surface area contributed by atoms with E-state index in [1.165, 1.54) is 16.3 Å². The monoisotopic (exact) mass is 351 g/mol. The minimum absolute atomic E-state index is 0.516. The van der Waals surface area contributed by atoms with Gasteiger partial charge in [0.15, 0.2) is 0 Å². The Morgan fingerprint density at radius 3 is 2.64 bits per heavy atom. The number of nitrogens with zero attached hydrogens (tertiary/aromatic N) is 2. The predicted molar refractivity (Wildman–Crippen MR) is 95.6 cm³/mol. The molecule has 1 aliphatic rings. The standard InChI is InChI=1S/C18H14BrN3/c19-14-7-3-8-15(10-14)21-18(20)22-11-13-6-1-4-12-5-2-9-16(22)17(12)13/h1-10H,11H2,(H2,20,21). The molecule has 0 saturated heterocycles. The number of guanidine groups is 1. The van der Waals surface area contributed by atoms with E-state index in [1.807, 2.05) is 24.3 Å². The van der Waals surface area contributed by atoms with Gasteiger partial charge in [0.1, 0.15) is 0 Å². The van der Waals surface area contributed by atoms with Crippen LogP contribution in [0.25, 0.3) is 10.8 Å². The normalized spacial score (nSPS) is 13.9. The van der Waals surface area contributed by atoms with Gasteiger partial charge in [-0.15, -0.1) is 0 Å². The van der Waals surface area contributed by atoms with Crippen LogP contribution in [0.15, 0.2) is 70.1 Å². The highest BCUT2D eigenvalue weighted by atomic mass is 79.9. The van der Waals surface area contributed by atoms with Crippen LogP contribution < -0.4 is 10.6 Å². The van der Waals surface area contributed by atoms with Crippen LogP contribution in [-0.4, -0.2) is 5.96 Å². The summed E-state index contributed by atoms with van der Waals surface area (Å²) < 4.78 is 0.994. The molecule has 0 aliphatic carbocycles. The summed E-state index contributed by atoms with van der Waals surface area (Å²) in [7, 11) is 0. The minimum atomic E-state index is 0.516. The summed E-state index contributed by atoms with van der Waals surface area (Å²) in [5, 5.41) is 2.52. The molecule has 3 nitrogen and oxygen atoms in total. The van der Waals surface area contributed by atoms with E-state index >= 15 is 0 Å². The molecule has 0 bridgehead atoms. The Balaban J connectivity index is 1.78. The molecule has 0 aromatic heterocycles. The summed E-state index contributed by atoms with van der Waals surface area (Å²) in [5.41, 5.74) is 9.54. The first-order valence-electron chi connectivity index (χ1n) is 7.10. The van der Waals surface area contributed by atoms with Gasteiger partial charge < -0.3 is 10.6 Å². The number of rotatable bonds is 1. The number of benzene rings is 3. The van der Waals surface area contributed by atoms with Crippen LogP contribution in [0.2, 0.25) is 0 Å². The number of hydrogen-bond donors (Lipinski definition) is 1. The van der Waals surface area contributed by atoms with Crippen molar-refractivity contribution < 1.29 is 0 Å². The van der Waals surface area contributed by atoms with Crippen LogP contribution in [0.1, 0.15) is 5.56 Å². The number of anilines is 1. The molecule has 4 rings (SSSR count). The number of aliphatic imine (C=N–C) groups is 1. The fraction of sp³-hybridized carbons (Fsp3) is 0.0556. The molecule has 1 heterocycles. The van der Waals surface area contributed by atoms with Gasteiger partial charge in [-0.25, -0.2) is 4.99 Å². The smallest absolute Gasteiger partial charge is 0.201 e. The molecule has 0 saturated carbocycles. The molecule has 0 amide bonds. The van der Waals surface area contributed by atoms with E-state index in [1.54, 1.807) is 0 Å². The van der Waals surface area contributed by atoms with E-state index in [0.717, 1.165) is 22.4 Å². The van der Waals surface area contributed by atoms with Crippen molar-refractivity contribution >= 4 is 44.0 Å². The van der Waals surface area contributed by atoms with Gasteiger partial charge in [-0.05, 0) is 35.2 Å². The lowest BCUT2D eigenvalue weighted by atomic mass is 10.1. The topological polar surface area (TPSA) is 41.6 Å². The second-order valence-electron chi connectivity index (χ2n) is 5.33. The molecular formula is C18H14BrN3. The Hall–Kier alpha value is -2.33. The zero-order chi connectivity index (χ0) is 15.1. The van der Waals surface area contributed by atoms with Gasteiger partial charge in [0, 0.05) is 9.86 Å². The SMILES string of the molecule is NC(=Nc1cccc(Br)c1)N1Cc2cccc3cccc1c23. The maximum absolute atomic E-state index is 6.28. The molecule has 0 atom stereocenters. The number of nitrogens with two attached hydrogens (primary N) is 1. The Morgan fingerprint density at radius 1 is 1.05 bits per heavy atom. The van der Waals surface area contributed by atoms with E-state index in [-0.39, 0.29) is 0 Å². The Kier molecular flexibility index (Phi) is 3.12. The third-order valence-corrected chi connectivity index (χ3v) is 4.41. The lowest BCUT2D eigenvalue weighted by molar-refractivity contribution is 1.04. The van der Waals surface area contributed by atoms with Gasteiger partial charge in [-0.3, -0.25) is 0 Å². The van der Waals surface area contributed by atoms with Gasteiger partial charge >= 0.3 is 0 Å². The van der Waals surface area contributed by atoms with E-state index in [4.69, 9.17) is 5.73 Å². The first kappa shape index (κ1) is 13.3. The molecule has 3 aromatic carbocycles. The van der Waals surface area contributed by atoms with Crippen molar-refractivity contribution in [3.8, 4) is 0 Å². The molecule has 0 spiro atoms. The third-order valence-electron chi connectivity index (χ3n) is 3.92. The van der Waals surface area contributed by atoms with Crippen molar-refractivity contribution in [1.29, 1.82) is 0 Å². The van der Waals surface area contributed by atoms with Crippen LogP contribution in [0.4, 0.5) is 11.4 Å². The van der Waals surface area contributed by atoms with Crippen LogP contribution >= 0.6 is 15.9 Å². The molecule has 0 unspecified atom stereocenters. The number of halogens is 1. The molecular weight excluding hydrogens is 338 g/mol.